The van der Waals surface area contributed by atoms with E-state index < -0.39 is 47.7 Å². The van der Waals surface area contributed by atoms with Crippen LogP contribution < -0.4 is 15.4 Å². The maximum absolute atomic E-state index is 14.1. The highest BCUT2D eigenvalue weighted by Crippen LogP contribution is 2.33. The topological polar surface area (TPSA) is 50.4 Å². The van der Waals surface area contributed by atoms with E-state index in [-0.39, 0.29) is 18.4 Å². The molecule has 0 spiro atoms. The molecule has 0 bridgehead atoms. The molecule has 0 saturated carbocycles. The molecular weight excluding hydrogens is 517 g/mol. The van der Waals surface area contributed by atoms with E-state index in [1.165, 1.54) is 25.2 Å². The number of hydrogen-bond acceptors (Lipinski definition) is 3. The summed E-state index contributed by atoms with van der Waals surface area (Å²) in [5.41, 5.74) is 1.42. The molecule has 0 saturated heterocycles. The van der Waals surface area contributed by atoms with Gasteiger partial charge in [-0.3, -0.25) is 10.1 Å². The fourth-order valence-corrected chi connectivity index (χ4v) is 3.88. The molecule has 4 nitrogen and oxygen atoms in total. The summed E-state index contributed by atoms with van der Waals surface area (Å²) in [6, 6.07) is 12.7. The Morgan fingerprint density at radius 2 is 1.50 bits per heavy atom. The molecule has 38 heavy (non-hydrogen) atoms. The van der Waals surface area contributed by atoms with Gasteiger partial charge in [0.2, 0.25) is 5.91 Å². The molecule has 3 aromatic rings. The summed E-state index contributed by atoms with van der Waals surface area (Å²) in [6.07, 6.45) is -9.27. The second-order valence-corrected chi connectivity index (χ2v) is 8.65. The third-order valence-electron chi connectivity index (χ3n) is 5.87. The van der Waals surface area contributed by atoms with Crippen LogP contribution in [0.25, 0.3) is 0 Å². The monoisotopic (exact) mass is 542 g/mol. The standard InChI is InChI=1S/C27H25F7N2O2/c1-16-3-8-18(9-4-16)24(25(37)35-2)36-22(14-7-17-5-11-20(12-6-17)26(29,30)31)19-10-13-21(28)23(15-19)38-27(32,33)34/h3-6,8-13,15,22,24,36H,7,14H2,1-2H3,(H,35,37)/t22-,24-/m0/s1. The number of alkyl halides is 6. The number of rotatable bonds is 9. The third kappa shape index (κ3) is 7.95. The molecule has 3 aromatic carbocycles. The van der Waals surface area contributed by atoms with Gasteiger partial charge >= 0.3 is 12.5 Å². The zero-order valence-corrected chi connectivity index (χ0v) is 20.4. The number of carbonyl (C=O) groups excluding carboxylic acids is 1. The Kier molecular flexibility index (Phi) is 9.03. The van der Waals surface area contributed by atoms with Crippen molar-refractivity contribution in [1.29, 1.82) is 0 Å². The van der Waals surface area contributed by atoms with Crippen molar-refractivity contribution in [2.45, 2.75) is 44.4 Å². The lowest BCUT2D eigenvalue weighted by Crippen LogP contribution is -2.38. The number of likely N-dealkylation sites (N-methyl/N-ethyl adjacent to an activating group) is 1. The first kappa shape index (κ1) is 29.0. The van der Waals surface area contributed by atoms with Gasteiger partial charge in [0.1, 0.15) is 6.04 Å². The number of ether oxygens (including phenoxy) is 1. The SMILES string of the molecule is CNC(=O)[C@@H](N[C@@H](CCc1ccc(C(F)(F)F)cc1)c1ccc(F)c(OC(F)(F)F)c1)c1ccc(C)cc1. The van der Waals surface area contributed by atoms with Crippen LogP contribution in [0.15, 0.2) is 66.7 Å². The molecule has 0 aliphatic rings. The maximum atomic E-state index is 14.1. The van der Waals surface area contributed by atoms with Gasteiger partial charge in [0.15, 0.2) is 11.6 Å². The lowest BCUT2D eigenvalue weighted by Gasteiger charge is -2.26. The number of carbonyl (C=O) groups is 1. The lowest BCUT2D eigenvalue weighted by atomic mass is 9.95. The first-order valence-electron chi connectivity index (χ1n) is 11.5. The second kappa shape index (κ2) is 11.8. The Morgan fingerprint density at radius 1 is 0.895 bits per heavy atom. The number of aryl methyl sites for hydroxylation is 2. The molecule has 0 aromatic heterocycles. The second-order valence-electron chi connectivity index (χ2n) is 8.65. The van der Waals surface area contributed by atoms with Crippen molar-refractivity contribution in [1.82, 2.24) is 10.6 Å². The first-order chi connectivity index (χ1) is 17.8. The first-order valence-corrected chi connectivity index (χ1v) is 11.5. The zero-order valence-electron chi connectivity index (χ0n) is 20.4. The summed E-state index contributed by atoms with van der Waals surface area (Å²) in [6.45, 7) is 1.86. The van der Waals surface area contributed by atoms with E-state index in [0.717, 1.165) is 29.8 Å². The lowest BCUT2D eigenvalue weighted by molar-refractivity contribution is -0.275. The molecule has 2 N–H and O–H groups in total. The number of benzene rings is 3. The normalized spacial score (nSPS) is 13.6. The average molecular weight is 542 g/mol. The molecule has 0 aliphatic heterocycles. The Balaban J connectivity index is 1.95. The van der Waals surface area contributed by atoms with Gasteiger partial charge in [-0.25, -0.2) is 4.39 Å². The summed E-state index contributed by atoms with van der Waals surface area (Å²) >= 11 is 0. The van der Waals surface area contributed by atoms with Crippen molar-refractivity contribution >= 4 is 5.91 Å². The molecule has 3 rings (SSSR count). The van der Waals surface area contributed by atoms with Gasteiger partial charge in [-0.1, -0.05) is 48.0 Å². The molecule has 0 unspecified atom stereocenters. The molecule has 11 heteroatoms. The Bertz CT molecular complexity index is 1220. The van der Waals surface area contributed by atoms with E-state index in [0.29, 0.717) is 11.1 Å². The minimum atomic E-state index is -5.13. The van der Waals surface area contributed by atoms with Crippen molar-refractivity contribution in [2.75, 3.05) is 7.05 Å². The predicted molar refractivity (Wildman–Crippen MR) is 127 cm³/mol. The van der Waals surface area contributed by atoms with Gasteiger partial charge in [0, 0.05) is 13.1 Å². The summed E-state index contributed by atoms with van der Waals surface area (Å²) < 4.78 is 95.1. The van der Waals surface area contributed by atoms with Crippen LogP contribution in [-0.2, 0) is 17.4 Å². The molecule has 0 heterocycles. The number of halogens is 7. The van der Waals surface area contributed by atoms with Crippen molar-refractivity contribution in [3.63, 3.8) is 0 Å². The third-order valence-corrected chi connectivity index (χ3v) is 5.87. The van der Waals surface area contributed by atoms with E-state index >= 15 is 0 Å². The van der Waals surface area contributed by atoms with E-state index in [9.17, 15) is 35.5 Å². The van der Waals surface area contributed by atoms with Crippen LogP contribution in [0.4, 0.5) is 30.7 Å². The van der Waals surface area contributed by atoms with Gasteiger partial charge in [0.05, 0.1) is 5.56 Å². The largest absolute Gasteiger partial charge is 0.573 e. The maximum Gasteiger partial charge on any atom is 0.573 e. The number of hydrogen-bond donors (Lipinski definition) is 2. The molecule has 0 radical (unpaired) electrons. The van der Waals surface area contributed by atoms with Crippen LogP contribution in [0.5, 0.6) is 5.75 Å². The highest BCUT2D eigenvalue weighted by molar-refractivity contribution is 5.83. The van der Waals surface area contributed by atoms with E-state index in [4.69, 9.17) is 0 Å². The number of nitrogens with one attached hydrogen (secondary N) is 2. The van der Waals surface area contributed by atoms with Gasteiger partial charge in [-0.05, 0) is 60.7 Å². The van der Waals surface area contributed by atoms with Gasteiger partial charge < -0.3 is 10.1 Å². The quantitative estimate of drug-likeness (QED) is 0.293. The van der Waals surface area contributed by atoms with Crippen LogP contribution in [0, 0.1) is 12.7 Å². The van der Waals surface area contributed by atoms with E-state index in [1.807, 2.05) is 6.92 Å². The highest BCUT2D eigenvalue weighted by Gasteiger charge is 2.33. The predicted octanol–water partition coefficient (Wildman–Crippen LogP) is 6.80. The van der Waals surface area contributed by atoms with Crippen LogP contribution in [-0.4, -0.2) is 19.3 Å². The summed E-state index contributed by atoms with van der Waals surface area (Å²) in [7, 11) is 1.43. The van der Waals surface area contributed by atoms with Crippen LogP contribution in [0.2, 0.25) is 0 Å². The fraction of sp³-hybridized carbons (Fsp3) is 0.296. The van der Waals surface area contributed by atoms with Crippen molar-refractivity contribution in [3.05, 3.63) is 100 Å². The molecular formula is C27H25F7N2O2. The highest BCUT2D eigenvalue weighted by atomic mass is 19.4. The molecule has 0 aliphatic carbocycles. The smallest absolute Gasteiger partial charge is 0.403 e. The summed E-state index contributed by atoms with van der Waals surface area (Å²) in [5.74, 6) is -2.70. The van der Waals surface area contributed by atoms with Crippen LogP contribution >= 0.6 is 0 Å². The average Bonchev–Trinajstić information content (AvgIpc) is 2.85. The molecule has 0 fully saturated rings. The van der Waals surface area contributed by atoms with E-state index in [2.05, 4.69) is 15.4 Å². The number of amides is 1. The molecule has 2 atom stereocenters. The molecule has 204 valence electrons. The molecule has 1 amide bonds. The van der Waals surface area contributed by atoms with Crippen LogP contribution in [0.1, 0.15) is 46.3 Å². The minimum Gasteiger partial charge on any atom is -0.403 e. The minimum absolute atomic E-state index is 0.155. The van der Waals surface area contributed by atoms with Crippen molar-refractivity contribution in [2.24, 2.45) is 0 Å². The zero-order chi connectivity index (χ0) is 28.1. The Morgan fingerprint density at radius 3 is 2.05 bits per heavy atom. The van der Waals surface area contributed by atoms with Gasteiger partial charge in [-0.15, -0.1) is 13.2 Å². The van der Waals surface area contributed by atoms with Gasteiger partial charge in [0.25, 0.3) is 0 Å². The Labute approximate surface area is 214 Å². The fourth-order valence-electron chi connectivity index (χ4n) is 3.88. The van der Waals surface area contributed by atoms with Crippen molar-refractivity contribution < 1.29 is 40.3 Å². The van der Waals surface area contributed by atoms with Gasteiger partial charge in [-0.2, -0.15) is 13.2 Å². The van der Waals surface area contributed by atoms with Crippen molar-refractivity contribution in [3.8, 4) is 5.75 Å². The summed E-state index contributed by atoms with van der Waals surface area (Å²) in [4.78, 5) is 12.8. The Hall–Kier alpha value is -3.60. The summed E-state index contributed by atoms with van der Waals surface area (Å²) in [5, 5.41) is 5.66. The van der Waals surface area contributed by atoms with E-state index in [1.54, 1.807) is 24.3 Å². The van der Waals surface area contributed by atoms with Crippen LogP contribution in [0.3, 0.4) is 0 Å².